The molecule has 0 saturated heterocycles. The number of hydrogen-bond acceptors (Lipinski definition) is 0. The van der Waals surface area contributed by atoms with Gasteiger partial charge in [-0.2, -0.15) is 0 Å². The molecule has 0 aromatic heterocycles. The highest BCUT2D eigenvalue weighted by molar-refractivity contribution is 4.90. The molecule has 4 unspecified atom stereocenters. The Balaban J connectivity index is 2.24. The van der Waals surface area contributed by atoms with Crippen molar-refractivity contribution in [2.45, 2.75) is 85.5 Å². The quantitative estimate of drug-likeness (QED) is 0.559. The molecule has 2 aliphatic carbocycles. The van der Waals surface area contributed by atoms with E-state index >= 15 is 0 Å². The molecule has 112 valence electrons. The van der Waals surface area contributed by atoms with Crippen molar-refractivity contribution in [1.82, 2.24) is 0 Å². The summed E-state index contributed by atoms with van der Waals surface area (Å²) in [4.78, 5) is 0. The molecule has 2 aliphatic rings. The van der Waals surface area contributed by atoms with Crippen LogP contribution >= 0.6 is 0 Å². The van der Waals surface area contributed by atoms with Crippen LogP contribution < -0.4 is 0 Å². The smallest absolute Gasteiger partial charge is 0.0355 e. The molecule has 0 spiro atoms. The van der Waals surface area contributed by atoms with E-state index in [1.54, 1.807) is 6.42 Å². The molecule has 0 radical (unpaired) electrons. The highest BCUT2D eigenvalue weighted by Gasteiger charge is 2.40. The molecule has 19 heavy (non-hydrogen) atoms. The second-order valence-electron chi connectivity index (χ2n) is 7.39. The van der Waals surface area contributed by atoms with Gasteiger partial charge in [0.2, 0.25) is 0 Å². The maximum absolute atomic E-state index is 2.45. The third kappa shape index (κ3) is 3.19. The van der Waals surface area contributed by atoms with E-state index in [9.17, 15) is 0 Å². The van der Waals surface area contributed by atoms with Gasteiger partial charge in [0.15, 0.2) is 0 Å². The molecule has 0 aliphatic heterocycles. The van der Waals surface area contributed by atoms with Crippen molar-refractivity contribution >= 4 is 0 Å². The van der Waals surface area contributed by atoms with Crippen molar-refractivity contribution in [3.63, 3.8) is 0 Å². The zero-order chi connectivity index (χ0) is 13.8. The summed E-state index contributed by atoms with van der Waals surface area (Å²) in [5, 5.41) is 0. The fourth-order valence-corrected chi connectivity index (χ4v) is 5.59. The van der Waals surface area contributed by atoms with Crippen LogP contribution in [-0.4, -0.2) is 0 Å². The van der Waals surface area contributed by atoms with E-state index in [4.69, 9.17) is 0 Å². The first kappa shape index (κ1) is 15.4. The molecule has 2 fully saturated rings. The summed E-state index contributed by atoms with van der Waals surface area (Å²) in [6, 6.07) is 0. The van der Waals surface area contributed by atoms with E-state index in [2.05, 4.69) is 27.7 Å². The predicted octanol–water partition coefficient (Wildman–Crippen LogP) is 6.30. The molecule has 0 heterocycles. The summed E-state index contributed by atoms with van der Waals surface area (Å²) in [6.45, 7) is 9.78. The largest absolute Gasteiger partial charge is 0.0651 e. The fraction of sp³-hybridized carbons (Fsp3) is 1.00. The summed E-state index contributed by atoms with van der Waals surface area (Å²) in [7, 11) is 0. The number of fused-ring (bicyclic) bond motifs is 2. The maximum atomic E-state index is 2.45. The van der Waals surface area contributed by atoms with Gasteiger partial charge in [-0.3, -0.25) is 0 Å². The Morgan fingerprint density at radius 3 is 1.00 bits per heavy atom. The van der Waals surface area contributed by atoms with Crippen LogP contribution in [0.25, 0.3) is 0 Å². The average Bonchev–Trinajstić information content (AvgIpc) is 2.74. The van der Waals surface area contributed by atoms with Crippen LogP contribution in [0.5, 0.6) is 0 Å². The average molecular weight is 264 g/mol. The van der Waals surface area contributed by atoms with Gasteiger partial charge in [0.25, 0.3) is 0 Å². The zero-order valence-corrected chi connectivity index (χ0v) is 13.8. The van der Waals surface area contributed by atoms with Crippen molar-refractivity contribution in [1.29, 1.82) is 0 Å². The monoisotopic (exact) mass is 264 g/mol. The van der Waals surface area contributed by atoms with Gasteiger partial charge in [-0.15, -0.1) is 0 Å². The standard InChI is InChI=1S/C19H36/c1-5-14-9-10-16(7-3)19-13-18(14)15(6-2)11-12-17(19)8-4/h14-19H,5-13H2,1-4H3. The molecule has 0 nitrogen and oxygen atoms in total. The molecule has 0 amide bonds. The van der Waals surface area contributed by atoms with Gasteiger partial charge in [0, 0.05) is 0 Å². The first-order valence-corrected chi connectivity index (χ1v) is 9.24. The van der Waals surface area contributed by atoms with Crippen LogP contribution in [0, 0.1) is 35.5 Å². The lowest BCUT2D eigenvalue weighted by atomic mass is 9.73. The van der Waals surface area contributed by atoms with E-state index in [0.717, 1.165) is 35.5 Å². The van der Waals surface area contributed by atoms with Gasteiger partial charge >= 0.3 is 0 Å². The van der Waals surface area contributed by atoms with E-state index in [-0.39, 0.29) is 0 Å². The molecule has 0 aromatic carbocycles. The maximum Gasteiger partial charge on any atom is -0.0355 e. The summed E-state index contributed by atoms with van der Waals surface area (Å²) in [6.07, 6.45) is 13.4. The molecular formula is C19H36. The minimum atomic E-state index is 1.04. The van der Waals surface area contributed by atoms with Gasteiger partial charge in [-0.25, -0.2) is 0 Å². The SMILES string of the molecule is CCC1CCC(CC)C2CC1C(CC)CCC2CC. The van der Waals surface area contributed by atoms with Crippen LogP contribution in [0.3, 0.4) is 0 Å². The molecule has 2 rings (SSSR count). The molecule has 0 heteroatoms. The topological polar surface area (TPSA) is 0 Å². The van der Waals surface area contributed by atoms with Crippen molar-refractivity contribution < 1.29 is 0 Å². The first-order valence-electron chi connectivity index (χ1n) is 9.24. The highest BCUT2D eigenvalue weighted by atomic mass is 14.5. The van der Waals surface area contributed by atoms with Crippen LogP contribution in [0.2, 0.25) is 0 Å². The van der Waals surface area contributed by atoms with E-state index < -0.39 is 0 Å². The molecule has 0 aromatic rings. The van der Waals surface area contributed by atoms with Crippen LogP contribution in [0.4, 0.5) is 0 Å². The van der Waals surface area contributed by atoms with E-state index in [1.807, 2.05) is 0 Å². The van der Waals surface area contributed by atoms with Crippen LogP contribution in [0.1, 0.15) is 85.5 Å². The second kappa shape index (κ2) is 7.14. The third-order valence-electron chi connectivity index (χ3n) is 6.88. The predicted molar refractivity (Wildman–Crippen MR) is 85.2 cm³/mol. The van der Waals surface area contributed by atoms with Gasteiger partial charge in [-0.1, -0.05) is 53.4 Å². The Labute approximate surface area is 121 Å². The van der Waals surface area contributed by atoms with E-state index in [0.29, 0.717) is 0 Å². The zero-order valence-electron chi connectivity index (χ0n) is 13.8. The van der Waals surface area contributed by atoms with Gasteiger partial charge in [0.05, 0.1) is 0 Å². The minimum Gasteiger partial charge on any atom is -0.0651 e. The lowest BCUT2D eigenvalue weighted by Crippen LogP contribution is -2.24. The molecule has 4 atom stereocenters. The third-order valence-corrected chi connectivity index (χ3v) is 6.88. The molecule has 2 bridgehead atoms. The van der Waals surface area contributed by atoms with Crippen molar-refractivity contribution in [3.8, 4) is 0 Å². The van der Waals surface area contributed by atoms with Crippen molar-refractivity contribution in [2.24, 2.45) is 35.5 Å². The fourth-order valence-electron chi connectivity index (χ4n) is 5.59. The highest BCUT2D eigenvalue weighted by Crippen LogP contribution is 2.50. The van der Waals surface area contributed by atoms with Crippen molar-refractivity contribution in [3.05, 3.63) is 0 Å². The normalized spacial score (nSPS) is 43.6. The number of rotatable bonds is 4. The summed E-state index contributed by atoms with van der Waals surface area (Å²) >= 11 is 0. The summed E-state index contributed by atoms with van der Waals surface area (Å²) < 4.78 is 0. The van der Waals surface area contributed by atoms with Gasteiger partial charge in [0.1, 0.15) is 0 Å². The van der Waals surface area contributed by atoms with Crippen LogP contribution in [0.15, 0.2) is 0 Å². The van der Waals surface area contributed by atoms with E-state index in [1.165, 1.54) is 51.4 Å². The minimum absolute atomic E-state index is 1.04. The van der Waals surface area contributed by atoms with Gasteiger partial charge in [-0.05, 0) is 67.6 Å². The van der Waals surface area contributed by atoms with Crippen LogP contribution in [-0.2, 0) is 0 Å². The summed E-state index contributed by atoms with van der Waals surface area (Å²) in [5.41, 5.74) is 0. The second-order valence-corrected chi connectivity index (χ2v) is 7.39. The summed E-state index contributed by atoms with van der Waals surface area (Å²) in [5.74, 6) is 6.29. The Morgan fingerprint density at radius 2 is 0.789 bits per heavy atom. The Bertz CT molecular complexity index is 207. The molecule has 0 N–H and O–H groups in total. The van der Waals surface area contributed by atoms with Gasteiger partial charge < -0.3 is 0 Å². The number of hydrogen-bond donors (Lipinski definition) is 0. The first-order chi connectivity index (χ1) is 9.24. The Morgan fingerprint density at radius 1 is 0.526 bits per heavy atom. The van der Waals surface area contributed by atoms with Crippen molar-refractivity contribution in [2.75, 3.05) is 0 Å². The molecular weight excluding hydrogens is 228 g/mol. The Hall–Kier alpha value is 0. The lowest BCUT2D eigenvalue weighted by molar-refractivity contribution is 0.177. The lowest BCUT2D eigenvalue weighted by Gasteiger charge is -2.32. The Kier molecular flexibility index (Phi) is 5.78. The molecule has 2 saturated carbocycles.